The molecule has 0 fully saturated rings. The van der Waals surface area contributed by atoms with Gasteiger partial charge in [0.25, 0.3) is 0 Å². The van der Waals surface area contributed by atoms with Crippen LogP contribution in [0.2, 0.25) is 0 Å². The molecule has 94 valence electrons. The monoisotopic (exact) mass is 376 g/mol. The summed E-state index contributed by atoms with van der Waals surface area (Å²) in [6.07, 6.45) is 0. The van der Waals surface area contributed by atoms with Gasteiger partial charge in [0, 0.05) is 3.57 Å². The third kappa shape index (κ3) is 2.95. The average molecular weight is 377 g/mol. The third-order valence-electron chi connectivity index (χ3n) is 2.61. The first-order chi connectivity index (χ1) is 8.61. The maximum atomic E-state index is 13.6. The van der Waals surface area contributed by atoms with Crippen LogP contribution in [0.3, 0.4) is 0 Å². The van der Waals surface area contributed by atoms with Crippen molar-refractivity contribution in [1.29, 1.82) is 0 Å². The Bertz CT molecular complexity index is 559. The van der Waals surface area contributed by atoms with Crippen LogP contribution in [0, 0.1) is 9.39 Å². The lowest BCUT2D eigenvalue weighted by Crippen LogP contribution is -1.96. The molecule has 0 N–H and O–H groups in total. The molecule has 0 radical (unpaired) electrons. The molecule has 2 aromatic rings. The quantitative estimate of drug-likeness (QED) is 0.554. The SMILES string of the molecule is COc1ccc(C(Cl)c2cccc(I)c2)cc1F. The van der Waals surface area contributed by atoms with Gasteiger partial charge < -0.3 is 4.74 Å². The summed E-state index contributed by atoms with van der Waals surface area (Å²) in [5, 5.41) is -0.361. The number of hydrogen-bond donors (Lipinski definition) is 0. The normalized spacial score (nSPS) is 12.2. The van der Waals surface area contributed by atoms with E-state index in [1.165, 1.54) is 13.2 Å². The van der Waals surface area contributed by atoms with E-state index in [-0.39, 0.29) is 11.1 Å². The van der Waals surface area contributed by atoms with Crippen LogP contribution < -0.4 is 4.74 Å². The number of hydrogen-bond acceptors (Lipinski definition) is 1. The molecule has 0 aliphatic carbocycles. The van der Waals surface area contributed by atoms with Crippen molar-refractivity contribution >= 4 is 34.2 Å². The fraction of sp³-hybridized carbons (Fsp3) is 0.143. The fourth-order valence-electron chi connectivity index (χ4n) is 1.70. The third-order valence-corrected chi connectivity index (χ3v) is 3.78. The van der Waals surface area contributed by atoms with Gasteiger partial charge in [-0.25, -0.2) is 4.39 Å². The molecule has 0 amide bonds. The van der Waals surface area contributed by atoms with Gasteiger partial charge in [-0.1, -0.05) is 18.2 Å². The van der Waals surface area contributed by atoms with Gasteiger partial charge in [0.1, 0.15) is 0 Å². The van der Waals surface area contributed by atoms with E-state index in [4.69, 9.17) is 16.3 Å². The molecule has 0 aromatic heterocycles. The highest BCUT2D eigenvalue weighted by Crippen LogP contribution is 2.31. The highest BCUT2D eigenvalue weighted by molar-refractivity contribution is 14.1. The smallest absolute Gasteiger partial charge is 0.165 e. The first kappa shape index (κ1) is 13.6. The summed E-state index contributed by atoms with van der Waals surface area (Å²) >= 11 is 8.58. The predicted octanol–water partition coefficient (Wildman–Crippen LogP) is 4.77. The predicted molar refractivity (Wildman–Crippen MR) is 79.8 cm³/mol. The van der Waals surface area contributed by atoms with Crippen LogP contribution >= 0.6 is 34.2 Å². The second kappa shape index (κ2) is 5.89. The molecule has 0 saturated heterocycles. The van der Waals surface area contributed by atoms with Gasteiger partial charge in [-0.15, -0.1) is 11.6 Å². The summed E-state index contributed by atoms with van der Waals surface area (Å²) in [4.78, 5) is 0. The van der Waals surface area contributed by atoms with Gasteiger partial charge in [0.2, 0.25) is 0 Å². The Balaban J connectivity index is 2.34. The number of benzene rings is 2. The molecule has 2 rings (SSSR count). The maximum Gasteiger partial charge on any atom is 0.165 e. The average Bonchev–Trinajstić information content (AvgIpc) is 2.37. The van der Waals surface area contributed by atoms with E-state index in [0.29, 0.717) is 0 Å². The summed E-state index contributed by atoms with van der Waals surface area (Å²) < 4.78 is 19.6. The molecule has 0 bridgehead atoms. The number of rotatable bonds is 3. The van der Waals surface area contributed by atoms with E-state index in [9.17, 15) is 4.39 Å². The Hall–Kier alpha value is -0.810. The minimum atomic E-state index is -0.397. The van der Waals surface area contributed by atoms with Gasteiger partial charge in [-0.2, -0.15) is 0 Å². The Morgan fingerprint density at radius 2 is 1.89 bits per heavy atom. The van der Waals surface area contributed by atoms with E-state index >= 15 is 0 Å². The van der Waals surface area contributed by atoms with Crippen LogP contribution in [0.15, 0.2) is 42.5 Å². The largest absolute Gasteiger partial charge is 0.494 e. The molecule has 0 aliphatic heterocycles. The molecule has 0 spiro atoms. The lowest BCUT2D eigenvalue weighted by atomic mass is 10.0. The first-order valence-corrected chi connectivity index (χ1v) is 6.86. The van der Waals surface area contributed by atoms with Crippen molar-refractivity contribution < 1.29 is 9.13 Å². The van der Waals surface area contributed by atoms with Crippen LogP contribution in [0.25, 0.3) is 0 Å². The van der Waals surface area contributed by atoms with E-state index in [1.54, 1.807) is 12.1 Å². The summed E-state index contributed by atoms with van der Waals surface area (Å²) in [7, 11) is 1.44. The summed E-state index contributed by atoms with van der Waals surface area (Å²) in [5.74, 6) is -0.170. The molecule has 2 aromatic carbocycles. The molecule has 0 saturated carbocycles. The zero-order chi connectivity index (χ0) is 13.1. The minimum absolute atomic E-state index is 0.227. The van der Waals surface area contributed by atoms with Crippen LogP contribution in [-0.4, -0.2) is 7.11 Å². The second-order valence-electron chi connectivity index (χ2n) is 3.81. The molecule has 1 nitrogen and oxygen atoms in total. The van der Waals surface area contributed by atoms with Gasteiger partial charge in [-0.3, -0.25) is 0 Å². The fourth-order valence-corrected chi connectivity index (χ4v) is 2.54. The van der Waals surface area contributed by atoms with Gasteiger partial charge in [0.15, 0.2) is 11.6 Å². The molecule has 4 heteroatoms. The molecule has 18 heavy (non-hydrogen) atoms. The number of methoxy groups -OCH3 is 1. The van der Waals surface area contributed by atoms with Crippen molar-refractivity contribution in [2.24, 2.45) is 0 Å². The summed E-state index contributed by atoms with van der Waals surface area (Å²) in [6, 6.07) is 12.6. The van der Waals surface area contributed by atoms with Crippen LogP contribution in [0.4, 0.5) is 4.39 Å². The van der Waals surface area contributed by atoms with Gasteiger partial charge >= 0.3 is 0 Å². The van der Waals surface area contributed by atoms with E-state index < -0.39 is 5.82 Å². The highest BCUT2D eigenvalue weighted by Gasteiger charge is 2.13. The van der Waals surface area contributed by atoms with Crippen LogP contribution in [-0.2, 0) is 0 Å². The second-order valence-corrected chi connectivity index (χ2v) is 5.49. The molecule has 1 unspecified atom stereocenters. The maximum absolute atomic E-state index is 13.6. The van der Waals surface area contributed by atoms with Crippen LogP contribution in [0.5, 0.6) is 5.75 Å². The topological polar surface area (TPSA) is 9.23 Å². The molecule has 0 aliphatic rings. The molecule has 1 atom stereocenters. The minimum Gasteiger partial charge on any atom is -0.494 e. The van der Waals surface area contributed by atoms with Crippen molar-refractivity contribution in [2.45, 2.75) is 5.38 Å². The molecular weight excluding hydrogens is 366 g/mol. The zero-order valence-corrected chi connectivity index (χ0v) is 12.6. The van der Waals surface area contributed by atoms with Gasteiger partial charge in [0.05, 0.1) is 12.5 Å². The van der Waals surface area contributed by atoms with Crippen molar-refractivity contribution in [1.82, 2.24) is 0 Å². The van der Waals surface area contributed by atoms with Crippen LogP contribution in [0.1, 0.15) is 16.5 Å². The number of halogens is 3. The Morgan fingerprint density at radius 1 is 1.17 bits per heavy atom. The lowest BCUT2D eigenvalue weighted by Gasteiger charge is -2.12. The Kier molecular flexibility index (Phi) is 4.45. The van der Waals surface area contributed by atoms with Crippen molar-refractivity contribution in [3.05, 3.63) is 63.0 Å². The summed E-state index contributed by atoms with van der Waals surface area (Å²) in [5.41, 5.74) is 1.67. The summed E-state index contributed by atoms with van der Waals surface area (Å²) in [6.45, 7) is 0. The lowest BCUT2D eigenvalue weighted by molar-refractivity contribution is 0.386. The van der Waals surface area contributed by atoms with E-state index in [1.807, 2.05) is 24.3 Å². The van der Waals surface area contributed by atoms with E-state index in [2.05, 4.69) is 22.6 Å². The van der Waals surface area contributed by atoms with E-state index in [0.717, 1.165) is 14.7 Å². The van der Waals surface area contributed by atoms with Crippen molar-refractivity contribution in [3.63, 3.8) is 0 Å². The first-order valence-electron chi connectivity index (χ1n) is 5.35. The Morgan fingerprint density at radius 3 is 2.50 bits per heavy atom. The number of alkyl halides is 1. The Labute approximate surface area is 124 Å². The van der Waals surface area contributed by atoms with Crippen molar-refractivity contribution in [2.75, 3.05) is 7.11 Å². The molecular formula is C14H11ClFIO. The zero-order valence-electron chi connectivity index (χ0n) is 9.66. The number of ether oxygens (including phenoxy) is 1. The highest BCUT2D eigenvalue weighted by atomic mass is 127. The molecule has 0 heterocycles. The van der Waals surface area contributed by atoms with Gasteiger partial charge in [-0.05, 0) is 58.0 Å². The van der Waals surface area contributed by atoms with Crippen molar-refractivity contribution in [3.8, 4) is 5.75 Å². The standard InChI is InChI=1S/C14H11ClFIO/c1-18-13-6-5-10(8-12(13)16)14(15)9-3-2-4-11(17)7-9/h2-8,14H,1H3.